The van der Waals surface area contributed by atoms with Crippen molar-refractivity contribution in [1.82, 2.24) is 4.90 Å². The monoisotopic (exact) mass is 373 g/mol. The number of hydrogen-bond acceptors (Lipinski definition) is 5. The van der Waals surface area contributed by atoms with Gasteiger partial charge in [-0.3, -0.25) is 9.69 Å². The number of methoxy groups -OCH3 is 1. The van der Waals surface area contributed by atoms with Gasteiger partial charge in [0.2, 0.25) is 5.91 Å². The van der Waals surface area contributed by atoms with Crippen molar-refractivity contribution < 1.29 is 9.53 Å². The minimum absolute atomic E-state index is 0.0289. The third-order valence-electron chi connectivity index (χ3n) is 3.58. The fraction of sp³-hybridized carbons (Fsp3) is 0.167. The van der Waals surface area contributed by atoms with Crippen LogP contribution in [-0.2, 0) is 11.3 Å². The Labute approximate surface area is 155 Å². The second-order valence-electron chi connectivity index (χ2n) is 5.30. The Morgan fingerprint density at radius 3 is 2.60 bits per heavy atom. The van der Waals surface area contributed by atoms with E-state index in [2.05, 4.69) is 10.2 Å². The Morgan fingerprint density at radius 1 is 1.20 bits per heavy atom. The quantitative estimate of drug-likeness (QED) is 0.591. The molecule has 0 aromatic heterocycles. The van der Waals surface area contributed by atoms with Crippen LogP contribution in [0.1, 0.15) is 11.1 Å². The Morgan fingerprint density at radius 2 is 1.92 bits per heavy atom. The number of halogens is 1. The van der Waals surface area contributed by atoms with Crippen molar-refractivity contribution in [3.8, 4) is 5.75 Å². The van der Waals surface area contributed by atoms with Crippen molar-refractivity contribution in [3.05, 3.63) is 64.7 Å². The molecule has 1 heterocycles. The highest BCUT2D eigenvalue weighted by atomic mass is 35.5. The van der Waals surface area contributed by atoms with Crippen LogP contribution in [0.4, 0.5) is 0 Å². The van der Waals surface area contributed by atoms with Gasteiger partial charge in [-0.05, 0) is 35.4 Å². The summed E-state index contributed by atoms with van der Waals surface area (Å²) >= 11 is 7.24. The molecule has 5 nitrogen and oxygen atoms in total. The summed E-state index contributed by atoms with van der Waals surface area (Å²) in [7, 11) is 1.62. The zero-order chi connectivity index (χ0) is 17.6. The molecule has 3 rings (SSSR count). The van der Waals surface area contributed by atoms with E-state index >= 15 is 0 Å². The number of carbonyl (C=O) groups excluding carboxylic acids is 1. The van der Waals surface area contributed by atoms with E-state index in [1.54, 1.807) is 30.4 Å². The van der Waals surface area contributed by atoms with Gasteiger partial charge in [-0.2, -0.15) is 5.10 Å². The summed E-state index contributed by atoms with van der Waals surface area (Å²) in [6.07, 6.45) is 1.64. The van der Waals surface area contributed by atoms with Gasteiger partial charge in [0.25, 0.3) is 0 Å². The van der Waals surface area contributed by atoms with Crippen LogP contribution in [0.5, 0.6) is 5.75 Å². The normalized spacial score (nSPS) is 16.2. The molecular weight excluding hydrogens is 358 g/mol. The molecule has 7 heteroatoms. The molecule has 2 aromatic rings. The molecule has 0 radical (unpaired) electrons. The van der Waals surface area contributed by atoms with Crippen LogP contribution >= 0.6 is 23.4 Å². The number of nitrogens with zero attached hydrogens (tertiary/aromatic N) is 3. The van der Waals surface area contributed by atoms with Crippen LogP contribution in [0.3, 0.4) is 0 Å². The molecule has 1 aliphatic rings. The summed E-state index contributed by atoms with van der Waals surface area (Å²) in [5, 5.41) is 9.57. The molecule has 128 valence electrons. The van der Waals surface area contributed by atoms with Crippen molar-refractivity contribution >= 4 is 40.7 Å². The van der Waals surface area contributed by atoms with E-state index in [9.17, 15) is 4.79 Å². The maximum Gasteiger partial charge on any atom is 0.239 e. The third kappa shape index (κ3) is 4.61. The lowest BCUT2D eigenvalue weighted by Gasteiger charge is -2.15. The van der Waals surface area contributed by atoms with E-state index in [0.29, 0.717) is 22.5 Å². The average Bonchev–Trinajstić information content (AvgIpc) is 2.97. The molecule has 0 N–H and O–H groups in total. The standard InChI is InChI=1S/C18H16ClN3O2S/c1-24-16-8-4-14(5-9-16)11-22-17(23)12-25-18(22)21-20-10-13-2-6-15(19)7-3-13/h2-10H,11-12H2,1H3/b20-10+,21-18-. The lowest BCUT2D eigenvalue weighted by atomic mass is 10.2. The number of amidine groups is 1. The molecule has 0 unspecified atom stereocenters. The van der Waals surface area contributed by atoms with Crippen molar-refractivity contribution in [2.75, 3.05) is 12.9 Å². The smallest absolute Gasteiger partial charge is 0.239 e. The molecule has 0 atom stereocenters. The van der Waals surface area contributed by atoms with E-state index in [1.807, 2.05) is 36.4 Å². The van der Waals surface area contributed by atoms with E-state index in [-0.39, 0.29) is 5.91 Å². The van der Waals surface area contributed by atoms with Crippen LogP contribution in [0.25, 0.3) is 0 Å². The first kappa shape index (κ1) is 17.5. The van der Waals surface area contributed by atoms with Gasteiger partial charge in [-0.1, -0.05) is 47.6 Å². The van der Waals surface area contributed by atoms with Crippen molar-refractivity contribution in [3.63, 3.8) is 0 Å². The van der Waals surface area contributed by atoms with Crippen LogP contribution < -0.4 is 4.74 Å². The summed E-state index contributed by atoms with van der Waals surface area (Å²) in [5.41, 5.74) is 1.90. The topological polar surface area (TPSA) is 54.3 Å². The van der Waals surface area contributed by atoms with E-state index in [1.165, 1.54) is 11.8 Å². The van der Waals surface area contributed by atoms with E-state index in [4.69, 9.17) is 16.3 Å². The number of benzene rings is 2. The number of carbonyl (C=O) groups is 1. The minimum atomic E-state index is 0.0289. The molecular formula is C18H16ClN3O2S. The highest BCUT2D eigenvalue weighted by molar-refractivity contribution is 8.15. The lowest BCUT2D eigenvalue weighted by molar-refractivity contribution is -0.124. The second-order valence-corrected chi connectivity index (χ2v) is 6.67. The van der Waals surface area contributed by atoms with Crippen molar-refractivity contribution in [1.29, 1.82) is 0 Å². The first-order chi connectivity index (χ1) is 12.2. The van der Waals surface area contributed by atoms with Gasteiger partial charge in [-0.25, -0.2) is 0 Å². The number of rotatable bonds is 5. The summed E-state index contributed by atoms with van der Waals surface area (Å²) in [6.45, 7) is 0.463. The number of ether oxygens (including phenoxy) is 1. The molecule has 0 bridgehead atoms. The second kappa shape index (κ2) is 8.18. The Kier molecular flexibility index (Phi) is 5.73. The SMILES string of the molecule is COc1ccc(CN2C(=O)CS/C2=N\N=C\c2ccc(Cl)cc2)cc1. The highest BCUT2D eigenvalue weighted by Gasteiger charge is 2.28. The van der Waals surface area contributed by atoms with Gasteiger partial charge in [0.05, 0.1) is 25.6 Å². The predicted molar refractivity (Wildman–Crippen MR) is 102 cm³/mol. The molecule has 0 spiro atoms. The van der Waals surface area contributed by atoms with Crippen LogP contribution in [0, 0.1) is 0 Å². The number of thioether (sulfide) groups is 1. The summed E-state index contributed by atoms with van der Waals surface area (Å²) < 4.78 is 5.15. The molecule has 1 saturated heterocycles. The molecule has 1 aliphatic heterocycles. The number of hydrogen-bond donors (Lipinski definition) is 0. The van der Waals surface area contributed by atoms with Gasteiger partial charge in [-0.15, -0.1) is 5.10 Å². The van der Waals surface area contributed by atoms with Crippen LogP contribution in [0.2, 0.25) is 5.02 Å². The lowest BCUT2D eigenvalue weighted by Crippen LogP contribution is -2.28. The molecule has 0 saturated carbocycles. The van der Waals surface area contributed by atoms with Gasteiger partial charge >= 0.3 is 0 Å². The number of amides is 1. The fourth-order valence-corrected chi connectivity index (χ4v) is 3.20. The van der Waals surface area contributed by atoms with Crippen molar-refractivity contribution in [2.45, 2.75) is 6.54 Å². The van der Waals surface area contributed by atoms with Crippen LogP contribution in [-0.4, -0.2) is 35.1 Å². The first-order valence-electron chi connectivity index (χ1n) is 7.58. The third-order valence-corrected chi connectivity index (χ3v) is 4.78. The Hall–Kier alpha value is -2.31. The molecule has 1 amide bonds. The van der Waals surface area contributed by atoms with E-state index in [0.717, 1.165) is 16.9 Å². The molecule has 2 aromatic carbocycles. The van der Waals surface area contributed by atoms with Gasteiger partial charge < -0.3 is 4.74 Å². The van der Waals surface area contributed by atoms with Gasteiger partial charge in [0.15, 0.2) is 5.17 Å². The summed E-state index contributed by atoms with van der Waals surface area (Å²) in [6, 6.07) is 14.9. The molecule has 0 aliphatic carbocycles. The van der Waals surface area contributed by atoms with Gasteiger partial charge in [0.1, 0.15) is 5.75 Å². The fourth-order valence-electron chi connectivity index (χ4n) is 2.23. The maximum absolute atomic E-state index is 12.1. The Bertz CT molecular complexity index is 804. The first-order valence-corrected chi connectivity index (χ1v) is 8.95. The maximum atomic E-state index is 12.1. The van der Waals surface area contributed by atoms with E-state index < -0.39 is 0 Å². The molecule has 1 fully saturated rings. The predicted octanol–water partition coefficient (Wildman–Crippen LogP) is 3.81. The minimum Gasteiger partial charge on any atom is -0.497 e. The zero-order valence-electron chi connectivity index (χ0n) is 13.6. The largest absolute Gasteiger partial charge is 0.497 e. The summed E-state index contributed by atoms with van der Waals surface area (Å²) in [4.78, 5) is 13.8. The van der Waals surface area contributed by atoms with Crippen molar-refractivity contribution in [2.24, 2.45) is 10.2 Å². The Balaban J connectivity index is 1.70. The highest BCUT2D eigenvalue weighted by Crippen LogP contribution is 2.23. The average molecular weight is 374 g/mol. The summed E-state index contributed by atoms with van der Waals surface area (Å²) in [5.74, 6) is 1.19. The zero-order valence-corrected chi connectivity index (χ0v) is 15.1. The van der Waals surface area contributed by atoms with Crippen LogP contribution in [0.15, 0.2) is 58.7 Å². The molecule has 25 heavy (non-hydrogen) atoms. The van der Waals surface area contributed by atoms with Gasteiger partial charge in [0, 0.05) is 5.02 Å².